The van der Waals surface area contributed by atoms with Gasteiger partial charge in [0.2, 0.25) is 0 Å². The van der Waals surface area contributed by atoms with Crippen molar-refractivity contribution < 1.29 is 27.5 Å². The van der Waals surface area contributed by atoms with Crippen LogP contribution in [0.25, 0.3) is 0 Å². The summed E-state index contributed by atoms with van der Waals surface area (Å²) >= 11 is 0. The summed E-state index contributed by atoms with van der Waals surface area (Å²) in [4.78, 5) is 12.3. The number of carbonyl (C=O) groups is 1. The minimum atomic E-state index is -5.01. The number of carbonyl (C=O) groups excluding carboxylic acids is 1. The molecule has 0 bridgehead atoms. The van der Waals surface area contributed by atoms with Crippen LogP contribution in [-0.4, -0.2) is 33.6 Å². The van der Waals surface area contributed by atoms with Crippen molar-refractivity contribution in [3.05, 3.63) is 24.2 Å². The normalized spacial score (nSPS) is 31.9. The Balaban J connectivity index is 2.04. The fraction of sp³-hybridized carbons (Fsp3) is 0.571. The second-order valence-electron chi connectivity index (χ2n) is 5.84. The molecule has 1 saturated carbocycles. The first-order valence-electron chi connectivity index (χ1n) is 6.99. The van der Waals surface area contributed by atoms with Crippen LogP contribution in [0.15, 0.2) is 27.9 Å². The van der Waals surface area contributed by atoms with Crippen LogP contribution in [-0.2, 0) is 0 Å². The second kappa shape index (κ2) is 4.84. The molecule has 120 valence electrons. The van der Waals surface area contributed by atoms with Gasteiger partial charge in [0.25, 0.3) is 5.72 Å². The molecule has 1 aromatic rings. The summed E-state index contributed by atoms with van der Waals surface area (Å²) in [5, 5.41) is 14.3. The van der Waals surface area contributed by atoms with Gasteiger partial charge in [0.15, 0.2) is 5.76 Å². The zero-order valence-electron chi connectivity index (χ0n) is 11.8. The molecule has 3 unspecified atom stereocenters. The minimum Gasteiger partial charge on any atom is -0.459 e. The van der Waals surface area contributed by atoms with Gasteiger partial charge < -0.3 is 9.52 Å². The summed E-state index contributed by atoms with van der Waals surface area (Å²) in [5.41, 5.74) is -3.10. The van der Waals surface area contributed by atoms with E-state index in [4.69, 9.17) is 4.42 Å². The first kappa shape index (κ1) is 15.1. The molecule has 22 heavy (non-hydrogen) atoms. The Morgan fingerprint density at radius 2 is 2.27 bits per heavy atom. The van der Waals surface area contributed by atoms with Crippen LogP contribution >= 0.6 is 0 Å². The summed E-state index contributed by atoms with van der Waals surface area (Å²) in [7, 11) is 0. The van der Waals surface area contributed by atoms with Crippen LogP contribution in [0, 0.1) is 11.8 Å². The van der Waals surface area contributed by atoms with Crippen molar-refractivity contribution in [3.8, 4) is 0 Å². The van der Waals surface area contributed by atoms with Gasteiger partial charge in [-0.15, -0.1) is 0 Å². The molecule has 3 rings (SSSR count). The molecule has 1 fully saturated rings. The minimum absolute atomic E-state index is 0.0245. The Labute approximate surface area is 124 Å². The van der Waals surface area contributed by atoms with Gasteiger partial charge in [-0.2, -0.15) is 23.3 Å². The lowest BCUT2D eigenvalue weighted by atomic mass is 9.76. The third-order valence-corrected chi connectivity index (χ3v) is 4.31. The van der Waals surface area contributed by atoms with Crippen molar-refractivity contribution in [2.45, 2.75) is 38.1 Å². The SMILES string of the molecule is CC1CCC2=NN(C(=O)c3ccco3)C(O)(C(F)(F)F)C2C1. The highest BCUT2D eigenvalue weighted by atomic mass is 19.4. The van der Waals surface area contributed by atoms with Gasteiger partial charge in [-0.3, -0.25) is 4.79 Å². The van der Waals surface area contributed by atoms with E-state index in [9.17, 15) is 23.1 Å². The summed E-state index contributed by atoms with van der Waals surface area (Å²) in [6, 6.07) is 2.63. The number of nitrogens with zero attached hydrogens (tertiary/aromatic N) is 2. The molecule has 8 heteroatoms. The Bertz CT molecular complexity index is 611. The second-order valence-corrected chi connectivity index (χ2v) is 5.84. The number of hydrogen-bond acceptors (Lipinski definition) is 4. The van der Waals surface area contributed by atoms with Gasteiger partial charge in [-0.05, 0) is 37.3 Å². The van der Waals surface area contributed by atoms with Crippen molar-refractivity contribution in [1.29, 1.82) is 0 Å². The summed E-state index contributed by atoms with van der Waals surface area (Å²) in [6.07, 6.45) is -2.67. The maximum absolute atomic E-state index is 13.5. The molecule has 1 aliphatic carbocycles. The van der Waals surface area contributed by atoms with Crippen LogP contribution < -0.4 is 0 Å². The van der Waals surface area contributed by atoms with Gasteiger partial charge in [0.1, 0.15) is 0 Å². The Morgan fingerprint density at radius 3 is 2.86 bits per heavy atom. The molecule has 1 amide bonds. The molecule has 1 aliphatic heterocycles. The van der Waals surface area contributed by atoms with Crippen LogP contribution in [0.4, 0.5) is 13.2 Å². The zero-order valence-corrected chi connectivity index (χ0v) is 11.8. The molecular formula is C14H15F3N2O3. The summed E-state index contributed by atoms with van der Waals surface area (Å²) in [5.74, 6) is -2.59. The van der Waals surface area contributed by atoms with E-state index in [2.05, 4.69) is 5.10 Å². The number of aliphatic hydroxyl groups is 1. The molecule has 0 aromatic carbocycles. The molecule has 0 spiro atoms. The molecular weight excluding hydrogens is 301 g/mol. The van der Waals surface area contributed by atoms with E-state index >= 15 is 0 Å². The first-order valence-corrected chi connectivity index (χ1v) is 6.99. The van der Waals surface area contributed by atoms with Crippen LogP contribution in [0.3, 0.4) is 0 Å². The van der Waals surface area contributed by atoms with Gasteiger partial charge in [0, 0.05) is 5.71 Å². The van der Waals surface area contributed by atoms with Crippen molar-refractivity contribution >= 4 is 11.6 Å². The molecule has 1 N–H and O–H groups in total. The maximum Gasteiger partial charge on any atom is 0.439 e. The Morgan fingerprint density at radius 1 is 1.55 bits per heavy atom. The monoisotopic (exact) mass is 316 g/mol. The lowest BCUT2D eigenvalue weighted by molar-refractivity contribution is -0.313. The lowest BCUT2D eigenvalue weighted by Crippen LogP contribution is -2.61. The van der Waals surface area contributed by atoms with Gasteiger partial charge >= 0.3 is 12.1 Å². The number of rotatable bonds is 1. The highest BCUT2D eigenvalue weighted by molar-refractivity contribution is 5.97. The van der Waals surface area contributed by atoms with E-state index in [1.54, 1.807) is 0 Å². The molecule has 2 aliphatic rings. The standard InChI is InChI=1S/C14H15F3N2O3/c1-8-4-5-10-9(7-8)13(21,14(15,16)17)19(18-10)12(20)11-3-2-6-22-11/h2-3,6,8-9,21H,4-5,7H2,1H3. The van der Waals surface area contributed by atoms with E-state index in [-0.39, 0.29) is 28.8 Å². The highest BCUT2D eigenvalue weighted by Crippen LogP contribution is 2.49. The Hall–Kier alpha value is -1.83. The van der Waals surface area contributed by atoms with Crippen molar-refractivity contribution in [2.75, 3.05) is 0 Å². The quantitative estimate of drug-likeness (QED) is 0.866. The van der Waals surface area contributed by atoms with Crippen LogP contribution in [0.5, 0.6) is 0 Å². The third kappa shape index (κ3) is 2.05. The molecule has 3 atom stereocenters. The lowest BCUT2D eigenvalue weighted by Gasteiger charge is -2.39. The topological polar surface area (TPSA) is 66.0 Å². The molecule has 0 radical (unpaired) electrons. The van der Waals surface area contributed by atoms with Gasteiger partial charge in [0.05, 0.1) is 12.2 Å². The number of alkyl halides is 3. The molecule has 2 heterocycles. The van der Waals surface area contributed by atoms with Crippen LogP contribution in [0.2, 0.25) is 0 Å². The highest BCUT2D eigenvalue weighted by Gasteiger charge is 2.69. The fourth-order valence-corrected chi connectivity index (χ4v) is 3.12. The van der Waals surface area contributed by atoms with Gasteiger partial charge in [-0.25, -0.2) is 0 Å². The van der Waals surface area contributed by atoms with E-state index in [1.165, 1.54) is 18.4 Å². The molecule has 5 nitrogen and oxygen atoms in total. The van der Waals surface area contributed by atoms with E-state index in [0.29, 0.717) is 12.8 Å². The van der Waals surface area contributed by atoms with Crippen molar-refractivity contribution in [2.24, 2.45) is 16.9 Å². The maximum atomic E-state index is 13.5. The third-order valence-electron chi connectivity index (χ3n) is 4.31. The van der Waals surface area contributed by atoms with E-state index < -0.39 is 23.7 Å². The number of fused-ring (bicyclic) bond motifs is 1. The van der Waals surface area contributed by atoms with E-state index in [1.807, 2.05) is 6.92 Å². The summed E-state index contributed by atoms with van der Waals surface area (Å²) < 4.78 is 45.5. The average Bonchev–Trinajstić information content (AvgIpc) is 3.05. The number of hydrogen-bond donors (Lipinski definition) is 1. The van der Waals surface area contributed by atoms with Gasteiger partial charge in [-0.1, -0.05) is 6.92 Å². The smallest absolute Gasteiger partial charge is 0.439 e. The first-order chi connectivity index (χ1) is 10.2. The molecule has 1 aromatic heterocycles. The van der Waals surface area contributed by atoms with E-state index in [0.717, 1.165) is 0 Å². The summed E-state index contributed by atoms with van der Waals surface area (Å²) in [6.45, 7) is 1.82. The average molecular weight is 316 g/mol. The fourth-order valence-electron chi connectivity index (χ4n) is 3.12. The van der Waals surface area contributed by atoms with Crippen molar-refractivity contribution in [3.63, 3.8) is 0 Å². The van der Waals surface area contributed by atoms with Crippen molar-refractivity contribution in [1.82, 2.24) is 5.01 Å². The number of amides is 1. The number of hydrazone groups is 1. The predicted molar refractivity (Wildman–Crippen MR) is 69.8 cm³/mol. The molecule has 0 saturated heterocycles. The number of halogens is 3. The Kier molecular flexibility index (Phi) is 3.32. The largest absolute Gasteiger partial charge is 0.459 e. The zero-order chi connectivity index (χ0) is 16.1. The predicted octanol–water partition coefficient (Wildman–Crippen LogP) is 2.78. The van der Waals surface area contributed by atoms with Crippen LogP contribution in [0.1, 0.15) is 36.7 Å². The number of furan rings is 1.